The topological polar surface area (TPSA) is 66.5 Å². The standard InChI is InChI=1S/C18H20Cl2N2O3S/c1-3-11-21-18(23)13-7-9-14(10-8-13)22(26(2,24)25)12-15-16(19)5-4-6-17(15)20/h4-10H,3,11-12H2,1-2H3,(H,21,23). The van der Waals surface area contributed by atoms with Gasteiger partial charge in [0, 0.05) is 27.7 Å². The SMILES string of the molecule is CCCNC(=O)c1ccc(N(Cc2c(Cl)cccc2Cl)S(C)(=O)=O)cc1. The summed E-state index contributed by atoms with van der Waals surface area (Å²) in [5, 5.41) is 3.56. The molecule has 0 saturated heterocycles. The minimum Gasteiger partial charge on any atom is -0.352 e. The van der Waals surface area contributed by atoms with Crippen molar-refractivity contribution >= 4 is 44.8 Å². The van der Waals surface area contributed by atoms with Crippen molar-refractivity contribution in [3.05, 3.63) is 63.6 Å². The molecule has 0 radical (unpaired) electrons. The predicted molar refractivity (Wildman–Crippen MR) is 107 cm³/mol. The lowest BCUT2D eigenvalue weighted by molar-refractivity contribution is 0.0953. The third kappa shape index (κ3) is 5.13. The fourth-order valence-corrected chi connectivity index (χ4v) is 3.73. The highest BCUT2D eigenvalue weighted by molar-refractivity contribution is 7.92. The van der Waals surface area contributed by atoms with Crippen molar-refractivity contribution in [3.8, 4) is 0 Å². The van der Waals surface area contributed by atoms with E-state index >= 15 is 0 Å². The molecule has 8 heteroatoms. The lowest BCUT2D eigenvalue weighted by Gasteiger charge is -2.23. The van der Waals surface area contributed by atoms with Crippen molar-refractivity contribution in [2.75, 3.05) is 17.1 Å². The van der Waals surface area contributed by atoms with Crippen molar-refractivity contribution < 1.29 is 13.2 Å². The van der Waals surface area contributed by atoms with Crippen LogP contribution >= 0.6 is 23.2 Å². The monoisotopic (exact) mass is 414 g/mol. The number of benzene rings is 2. The Hall–Kier alpha value is -1.76. The van der Waals surface area contributed by atoms with E-state index in [0.29, 0.717) is 33.4 Å². The van der Waals surface area contributed by atoms with Gasteiger partial charge in [0.1, 0.15) is 0 Å². The van der Waals surface area contributed by atoms with Gasteiger partial charge in [-0.1, -0.05) is 36.2 Å². The van der Waals surface area contributed by atoms with Crippen LogP contribution in [0.15, 0.2) is 42.5 Å². The number of halogens is 2. The fraction of sp³-hybridized carbons (Fsp3) is 0.278. The van der Waals surface area contributed by atoms with Crippen molar-refractivity contribution in [2.24, 2.45) is 0 Å². The number of anilines is 1. The van der Waals surface area contributed by atoms with Gasteiger partial charge in [-0.05, 0) is 42.8 Å². The number of sulfonamides is 1. The third-order valence-electron chi connectivity index (χ3n) is 3.72. The highest BCUT2D eigenvalue weighted by Crippen LogP contribution is 2.29. The lowest BCUT2D eigenvalue weighted by atomic mass is 10.1. The molecular weight excluding hydrogens is 395 g/mol. The minimum absolute atomic E-state index is 0.00127. The second kappa shape index (κ2) is 8.75. The van der Waals surface area contributed by atoms with Crippen LogP contribution in [0, 0.1) is 0 Å². The van der Waals surface area contributed by atoms with Crippen LogP contribution in [0.1, 0.15) is 29.3 Å². The number of rotatable bonds is 7. The Balaban J connectivity index is 2.32. The van der Waals surface area contributed by atoms with E-state index in [1.54, 1.807) is 42.5 Å². The summed E-state index contributed by atoms with van der Waals surface area (Å²) in [5.41, 5.74) is 1.41. The van der Waals surface area contributed by atoms with E-state index < -0.39 is 10.0 Å². The van der Waals surface area contributed by atoms with Crippen molar-refractivity contribution in [3.63, 3.8) is 0 Å². The molecule has 1 amide bonds. The van der Waals surface area contributed by atoms with Gasteiger partial charge in [0.2, 0.25) is 10.0 Å². The van der Waals surface area contributed by atoms with Crippen LogP contribution in [0.5, 0.6) is 0 Å². The van der Waals surface area contributed by atoms with Gasteiger partial charge in [-0.15, -0.1) is 0 Å². The number of nitrogens with one attached hydrogen (secondary N) is 1. The molecule has 26 heavy (non-hydrogen) atoms. The van der Waals surface area contributed by atoms with E-state index in [4.69, 9.17) is 23.2 Å². The predicted octanol–water partition coefficient (Wildman–Crippen LogP) is 4.10. The number of hydrogen-bond donors (Lipinski definition) is 1. The molecule has 0 atom stereocenters. The van der Waals surface area contributed by atoms with Crippen molar-refractivity contribution in [2.45, 2.75) is 19.9 Å². The van der Waals surface area contributed by atoms with E-state index in [9.17, 15) is 13.2 Å². The van der Waals surface area contributed by atoms with E-state index in [2.05, 4.69) is 5.32 Å². The summed E-state index contributed by atoms with van der Waals surface area (Å²) in [5.74, 6) is -0.196. The minimum atomic E-state index is -3.58. The van der Waals surface area contributed by atoms with Crippen LogP contribution in [0.2, 0.25) is 10.0 Å². The molecule has 0 aliphatic heterocycles. The molecule has 0 fully saturated rings. The summed E-state index contributed by atoms with van der Waals surface area (Å²) in [6, 6.07) is 11.4. The molecule has 0 bridgehead atoms. The summed E-state index contributed by atoms with van der Waals surface area (Å²) < 4.78 is 25.8. The summed E-state index contributed by atoms with van der Waals surface area (Å²) in [4.78, 5) is 12.0. The highest BCUT2D eigenvalue weighted by atomic mass is 35.5. The molecule has 5 nitrogen and oxygen atoms in total. The second-order valence-corrected chi connectivity index (χ2v) is 8.49. The van der Waals surface area contributed by atoms with Gasteiger partial charge < -0.3 is 5.32 Å². The number of hydrogen-bond acceptors (Lipinski definition) is 3. The van der Waals surface area contributed by atoms with Crippen molar-refractivity contribution in [1.82, 2.24) is 5.32 Å². The Morgan fingerprint density at radius 3 is 2.15 bits per heavy atom. The summed E-state index contributed by atoms with van der Waals surface area (Å²) in [6.45, 7) is 2.55. The van der Waals surface area contributed by atoms with E-state index in [1.165, 1.54) is 4.31 Å². The summed E-state index contributed by atoms with van der Waals surface area (Å²) in [7, 11) is -3.58. The number of carbonyl (C=O) groups excluding carboxylic acids is 1. The lowest BCUT2D eigenvalue weighted by Crippen LogP contribution is -2.29. The molecule has 0 spiro atoms. The molecule has 0 aliphatic carbocycles. The quantitative estimate of drug-likeness (QED) is 0.741. The summed E-state index contributed by atoms with van der Waals surface area (Å²) in [6.07, 6.45) is 1.95. The number of carbonyl (C=O) groups is 1. The average molecular weight is 415 g/mol. The van der Waals surface area contributed by atoms with Crippen LogP contribution in [-0.2, 0) is 16.6 Å². The van der Waals surface area contributed by atoms with E-state index in [-0.39, 0.29) is 12.5 Å². The Bertz CT molecular complexity index is 864. The first kappa shape index (κ1) is 20.6. The first-order valence-corrected chi connectivity index (χ1v) is 10.6. The van der Waals surface area contributed by atoms with E-state index in [1.807, 2.05) is 6.92 Å². The molecule has 0 unspecified atom stereocenters. The Morgan fingerprint density at radius 2 is 1.65 bits per heavy atom. The van der Waals surface area contributed by atoms with Crippen molar-refractivity contribution in [1.29, 1.82) is 0 Å². The van der Waals surface area contributed by atoms with Gasteiger partial charge in [0.15, 0.2) is 0 Å². The maximum Gasteiger partial charge on any atom is 0.251 e. The van der Waals surface area contributed by atoms with E-state index in [0.717, 1.165) is 12.7 Å². The maximum atomic E-state index is 12.3. The third-order valence-corrected chi connectivity index (χ3v) is 5.57. The van der Waals surface area contributed by atoms with Gasteiger partial charge in [-0.3, -0.25) is 9.10 Å². The first-order chi connectivity index (χ1) is 12.2. The van der Waals surface area contributed by atoms with Gasteiger partial charge >= 0.3 is 0 Å². The molecule has 2 rings (SSSR count). The molecule has 2 aromatic rings. The molecule has 0 saturated carbocycles. The number of amides is 1. The Morgan fingerprint density at radius 1 is 1.08 bits per heavy atom. The second-order valence-electron chi connectivity index (χ2n) is 5.77. The first-order valence-electron chi connectivity index (χ1n) is 8.03. The molecule has 140 valence electrons. The molecular formula is C18H20Cl2N2O3S. The Kier molecular flexibility index (Phi) is 6.92. The molecule has 1 N–H and O–H groups in total. The maximum absolute atomic E-state index is 12.3. The number of nitrogens with zero attached hydrogens (tertiary/aromatic N) is 1. The zero-order valence-electron chi connectivity index (χ0n) is 14.5. The normalized spacial score (nSPS) is 11.2. The zero-order valence-corrected chi connectivity index (χ0v) is 16.8. The zero-order chi connectivity index (χ0) is 19.3. The van der Waals surface area contributed by atoms with Crippen LogP contribution < -0.4 is 9.62 Å². The van der Waals surface area contributed by atoms with Gasteiger partial charge in [-0.2, -0.15) is 0 Å². The largest absolute Gasteiger partial charge is 0.352 e. The molecule has 2 aromatic carbocycles. The molecule has 0 heterocycles. The Labute approximate surface area is 164 Å². The van der Waals surface area contributed by atoms with Crippen LogP contribution in [-0.4, -0.2) is 27.1 Å². The van der Waals surface area contributed by atoms with Gasteiger partial charge in [-0.25, -0.2) is 8.42 Å². The van der Waals surface area contributed by atoms with Gasteiger partial charge in [0.05, 0.1) is 18.5 Å². The molecule has 0 aromatic heterocycles. The van der Waals surface area contributed by atoms with Gasteiger partial charge in [0.25, 0.3) is 5.91 Å². The highest BCUT2D eigenvalue weighted by Gasteiger charge is 2.21. The smallest absolute Gasteiger partial charge is 0.251 e. The molecule has 0 aliphatic rings. The van der Waals surface area contributed by atoms with Crippen LogP contribution in [0.4, 0.5) is 5.69 Å². The van der Waals surface area contributed by atoms with Crippen LogP contribution in [0.25, 0.3) is 0 Å². The average Bonchev–Trinajstić information content (AvgIpc) is 2.58. The fourth-order valence-electron chi connectivity index (χ4n) is 2.35. The van der Waals surface area contributed by atoms with Crippen LogP contribution in [0.3, 0.4) is 0 Å². The summed E-state index contributed by atoms with van der Waals surface area (Å²) >= 11 is 12.3.